The molecule has 15 heavy (non-hydrogen) atoms. The zero-order chi connectivity index (χ0) is 11.4. The second-order valence-electron chi connectivity index (χ2n) is 4.04. The Morgan fingerprint density at radius 2 is 2.07 bits per heavy atom. The Labute approximate surface area is 102 Å². The van der Waals surface area contributed by atoms with Crippen molar-refractivity contribution in [2.75, 3.05) is 11.5 Å². The standard InChI is InChI=1S/C11H16BrNOS/c1-8(2)6-15(14)7-9-3-10(12)5-11(13)4-9/h3-5,8H,6-7,13H2,1-2H3. The summed E-state index contributed by atoms with van der Waals surface area (Å²) in [4.78, 5) is 0. The lowest BCUT2D eigenvalue weighted by Crippen LogP contribution is -2.06. The van der Waals surface area contributed by atoms with Gasteiger partial charge in [-0.25, -0.2) is 0 Å². The molecule has 1 aromatic carbocycles. The maximum Gasteiger partial charge on any atom is 0.0486 e. The summed E-state index contributed by atoms with van der Waals surface area (Å²) in [6.07, 6.45) is 0. The van der Waals surface area contributed by atoms with Crippen molar-refractivity contribution in [3.05, 3.63) is 28.2 Å². The number of hydrogen-bond donors (Lipinski definition) is 1. The summed E-state index contributed by atoms with van der Waals surface area (Å²) < 4.78 is 12.6. The van der Waals surface area contributed by atoms with E-state index in [0.717, 1.165) is 15.8 Å². The van der Waals surface area contributed by atoms with E-state index in [1.165, 1.54) is 0 Å². The molecule has 0 aromatic heterocycles. The third-order valence-corrected chi connectivity index (χ3v) is 3.98. The smallest absolute Gasteiger partial charge is 0.0486 e. The van der Waals surface area contributed by atoms with E-state index in [-0.39, 0.29) is 0 Å². The first-order chi connectivity index (χ1) is 6.97. The monoisotopic (exact) mass is 289 g/mol. The van der Waals surface area contributed by atoms with Crippen LogP contribution in [0.15, 0.2) is 22.7 Å². The fourth-order valence-corrected chi connectivity index (χ4v) is 3.33. The van der Waals surface area contributed by atoms with Crippen LogP contribution in [0.25, 0.3) is 0 Å². The van der Waals surface area contributed by atoms with Gasteiger partial charge < -0.3 is 5.73 Å². The van der Waals surface area contributed by atoms with E-state index < -0.39 is 10.8 Å². The van der Waals surface area contributed by atoms with Gasteiger partial charge in [-0.2, -0.15) is 0 Å². The summed E-state index contributed by atoms with van der Waals surface area (Å²) in [5, 5.41) is 0. The molecular formula is C11H16BrNOS. The highest BCUT2D eigenvalue weighted by Gasteiger charge is 2.05. The molecule has 0 bridgehead atoms. The average molecular weight is 290 g/mol. The van der Waals surface area contributed by atoms with E-state index in [0.29, 0.717) is 17.4 Å². The van der Waals surface area contributed by atoms with Gasteiger partial charge in [0.1, 0.15) is 0 Å². The van der Waals surface area contributed by atoms with Gasteiger partial charge in [0.2, 0.25) is 0 Å². The van der Waals surface area contributed by atoms with Crippen LogP contribution in [0.3, 0.4) is 0 Å². The van der Waals surface area contributed by atoms with Crippen LogP contribution in [0.1, 0.15) is 19.4 Å². The Balaban J connectivity index is 2.68. The molecule has 1 unspecified atom stereocenters. The largest absolute Gasteiger partial charge is 0.399 e. The molecule has 2 N–H and O–H groups in total. The number of rotatable bonds is 4. The Kier molecular flexibility index (Phi) is 4.80. The summed E-state index contributed by atoms with van der Waals surface area (Å²) >= 11 is 3.37. The van der Waals surface area contributed by atoms with Gasteiger partial charge in [0.05, 0.1) is 0 Å². The Morgan fingerprint density at radius 1 is 1.40 bits per heavy atom. The van der Waals surface area contributed by atoms with Gasteiger partial charge >= 0.3 is 0 Å². The lowest BCUT2D eigenvalue weighted by molar-refractivity contribution is 0.664. The van der Waals surface area contributed by atoms with Gasteiger partial charge in [0, 0.05) is 32.5 Å². The van der Waals surface area contributed by atoms with Gasteiger partial charge in [-0.15, -0.1) is 0 Å². The van der Waals surface area contributed by atoms with Crippen molar-refractivity contribution in [1.29, 1.82) is 0 Å². The third-order valence-electron chi connectivity index (χ3n) is 1.83. The van der Waals surface area contributed by atoms with E-state index in [1.54, 1.807) is 0 Å². The van der Waals surface area contributed by atoms with Gasteiger partial charge in [-0.1, -0.05) is 29.8 Å². The minimum atomic E-state index is -0.794. The van der Waals surface area contributed by atoms with Crippen LogP contribution in [0, 0.1) is 5.92 Å². The lowest BCUT2D eigenvalue weighted by Gasteiger charge is -2.06. The van der Waals surface area contributed by atoms with E-state index in [2.05, 4.69) is 29.8 Å². The number of anilines is 1. The molecule has 0 aliphatic rings. The van der Waals surface area contributed by atoms with Crippen molar-refractivity contribution in [2.24, 2.45) is 5.92 Å². The van der Waals surface area contributed by atoms with Crippen LogP contribution < -0.4 is 5.73 Å². The molecule has 0 amide bonds. The maximum atomic E-state index is 11.7. The highest BCUT2D eigenvalue weighted by Crippen LogP contribution is 2.18. The second kappa shape index (κ2) is 5.66. The molecule has 1 aromatic rings. The van der Waals surface area contributed by atoms with Crippen molar-refractivity contribution in [1.82, 2.24) is 0 Å². The van der Waals surface area contributed by atoms with Crippen molar-refractivity contribution < 1.29 is 4.21 Å². The summed E-state index contributed by atoms with van der Waals surface area (Å²) in [6.45, 7) is 4.15. The van der Waals surface area contributed by atoms with Crippen molar-refractivity contribution in [3.8, 4) is 0 Å². The number of benzene rings is 1. The topological polar surface area (TPSA) is 43.1 Å². The molecule has 2 nitrogen and oxygen atoms in total. The molecule has 0 fully saturated rings. The molecule has 0 spiro atoms. The summed E-state index contributed by atoms with van der Waals surface area (Å²) in [5.74, 6) is 1.80. The van der Waals surface area contributed by atoms with E-state index in [4.69, 9.17) is 5.73 Å². The lowest BCUT2D eigenvalue weighted by atomic mass is 10.2. The molecule has 0 aliphatic carbocycles. The predicted octanol–water partition coefficient (Wildman–Crippen LogP) is 2.94. The van der Waals surface area contributed by atoms with Crippen LogP contribution in [-0.4, -0.2) is 9.96 Å². The number of nitrogens with two attached hydrogens (primary N) is 1. The molecule has 1 atom stereocenters. The van der Waals surface area contributed by atoms with Crippen LogP contribution in [0.5, 0.6) is 0 Å². The van der Waals surface area contributed by atoms with Crippen LogP contribution in [0.2, 0.25) is 0 Å². The molecule has 0 heterocycles. The Bertz CT molecular complexity index is 345. The Morgan fingerprint density at radius 3 is 2.60 bits per heavy atom. The van der Waals surface area contributed by atoms with Crippen molar-refractivity contribution >= 4 is 32.4 Å². The first-order valence-corrected chi connectivity index (χ1v) is 7.15. The van der Waals surface area contributed by atoms with Crippen LogP contribution >= 0.6 is 15.9 Å². The second-order valence-corrected chi connectivity index (χ2v) is 6.45. The van der Waals surface area contributed by atoms with Crippen molar-refractivity contribution in [2.45, 2.75) is 19.6 Å². The normalized spacial score (nSPS) is 13.1. The van der Waals surface area contributed by atoms with Crippen molar-refractivity contribution in [3.63, 3.8) is 0 Å². The zero-order valence-electron chi connectivity index (χ0n) is 9.00. The summed E-state index contributed by atoms with van der Waals surface area (Å²) in [7, 11) is -0.794. The molecule has 4 heteroatoms. The van der Waals surface area contributed by atoms with E-state index in [1.807, 2.05) is 18.2 Å². The van der Waals surface area contributed by atoms with Crippen LogP contribution in [-0.2, 0) is 16.6 Å². The van der Waals surface area contributed by atoms with Gasteiger partial charge in [-0.3, -0.25) is 4.21 Å². The fourth-order valence-electron chi connectivity index (χ4n) is 1.38. The molecule has 0 saturated heterocycles. The Hall–Kier alpha value is -0.350. The summed E-state index contributed by atoms with van der Waals surface area (Å²) in [5.41, 5.74) is 7.45. The molecule has 0 saturated carbocycles. The third kappa shape index (κ3) is 4.80. The van der Waals surface area contributed by atoms with E-state index in [9.17, 15) is 4.21 Å². The number of hydrogen-bond acceptors (Lipinski definition) is 2. The first kappa shape index (κ1) is 12.7. The minimum absolute atomic E-state index is 0.468. The van der Waals surface area contributed by atoms with Crippen LogP contribution in [0.4, 0.5) is 5.69 Å². The first-order valence-electron chi connectivity index (χ1n) is 4.87. The molecule has 0 radical (unpaired) electrons. The van der Waals surface area contributed by atoms with Gasteiger partial charge in [0.25, 0.3) is 0 Å². The van der Waals surface area contributed by atoms with E-state index >= 15 is 0 Å². The SMILES string of the molecule is CC(C)CS(=O)Cc1cc(N)cc(Br)c1. The van der Waals surface area contributed by atoms with Gasteiger partial charge in [0.15, 0.2) is 0 Å². The maximum absolute atomic E-state index is 11.7. The van der Waals surface area contributed by atoms with Gasteiger partial charge in [-0.05, 0) is 29.7 Å². The molecule has 84 valence electrons. The predicted molar refractivity (Wildman–Crippen MR) is 70.1 cm³/mol. The highest BCUT2D eigenvalue weighted by atomic mass is 79.9. The minimum Gasteiger partial charge on any atom is -0.399 e. The molecular weight excluding hydrogens is 274 g/mol. The number of nitrogen functional groups attached to an aromatic ring is 1. The summed E-state index contributed by atoms with van der Waals surface area (Å²) in [6, 6.07) is 5.69. The molecule has 1 rings (SSSR count). The number of halogens is 1. The quantitative estimate of drug-likeness (QED) is 0.866. The fraction of sp³-hybridized carbons (Fsp3) is 0.455. The zero-order valence-corrected chi connectivity index (χ0v) is 11.4. The molecule has 0 aliphatic heterocycles. The average Bonchev–Trinajstić information content (AvgIpc) is 1.98. The highest BCUT2D eigenvalue weighted by molar-refractivity contribution is 9.10.